The number of ether oxygens (including phenoxy) is 5. The summed E-state index contributed by atoms with van der Waals surface area (Å²) < 4.78 is 61.7. The monoisotopic (exact) mass is 1940 g/mol. The van der Waals surface area contributed by atoms with Gasteiger partial charge in [0.2, 0.25) is 29.5 Å². The molecule has 4 aliphatic heterocycles. The Morgan fingerprint density at radius 3 is 1.61 bits per heavy atom. The highest BCUT2D eigenvalue weighted by atomic mass is 19.4. The van der Waals surface area contributed by atoms with Crippen molar-refractivity contribution in [2.45, 2.75) is 159 Å². The van der Waals surface area contributed by atoms with Crippen molar-refractivity contribution in [3.05, 3.63) is 256 Å². The number of aliphatic hydroxyl groups excluding tert-OH is 1. The van der Waals surface area contributed by atoms with Crippen molar-refractivity contribution < 1.29 is 124 Å². The highest BCUT2D eigenvalue weighted by molar-refractivity contribution is 6.00. The summed E-state index contributed by atoms with van der Waals surface area (Å²) in [5, 5.41) is 48.0. The van der Waals surface area contributed by atoms with E-state index in [4.69, 9.17) is 45.1 Å². The molecule has 39 heteroatoms. The maximum atomic E-state index is 14.4. The van der Waals surface area contributed by atoms with Crippen LogP contribution in [0.3, 0.4) is 0 Å². The maximum Gasteiger partial charge on any atom is 0.490 e. The molecule has 748 valence electrons. The summed E-state index contributed by atoms with van der Waals surface area (Å²) in [4.78, 5) is 185. The lowest BCUT2D eigenvalue weighted by Gasteiger charge is -2.31. The first-order valence-corrected chi connectivity index (χ1v) is 45.5. The number of likely N-dealkylation sites (tertiary alicyclic amines) is 2. The van der Waals surface area contributed by atoms with Gasteiger partial charge in [-0.3, -0.25) is 52.7 Å². The van der Waals surface area contributed by atoms with E-state index < -0.39 is 66.1 Å². The molecule has 0 aromatic heterocycles. The van der Waals surface area contributed by atoms with Crippen molar-refractivity contribution in [1.82, 2.24) is 55.6 Å². The van der Waals surface area contributed by atoms with Crippen molar-refractivity contribution in [3.8, 4) is 28.7 Å². The van der Waals surface area contributed by atoms with E-state index in [2.05, 4.69) is 21.3 Å². The lowest BCUT2D eigenvalue weighted by atomic mass is 10.0. The Kier molecular flexibility index (Phi) is 40.8. The minimum absolute atomic E-state index is 0.0256. The number of likely N-dealkylation sites (N-methyl/N-ethyl adjacent to an activating group) is 3. The quantitative estimate of drug-likeness (QED) is 0.0174. The van der Waals surface area contributed by atoms with E-state index in [0.29, 0.717) is 113 Å². The Balaban J connectivity index is 0.000000240. The number of carboxylic acids is 3. The molecule has 8 aromatic carbocycles. The van der Waals surface area contributed by atoms with E-state index in [1.165, 1.54) is 46.0 Å². The van der Waals surface area contributed by atoms with Crippen LogP contribution in [0.25, 0.3) is 0 Å². The third-order valence-corrected chi connectivity index (χ3v) is 24.0. The molecule has 140 heavy (non-hydrogen) atoms. The Labute approximate surface area is 808 Å². The average Bonchev–Trinajstić information content (AvgIpc) is 1.64. The number of rotatable bonds is 33. The maximum absolute atomic E-state index is 14.4. The standard InChI is InChI=1S/C47H57N5O10.C26H32N4O6.C26H30N4O5.C2HF3O2/c1-31-15-17-33(18-16-31)26-49-43(54)14-9-21-61-40-23-36(29-53)41(42(25-40)60-4)28-52(46(57)34-10-6-5-7-11-34)37-24-38(51(27-37)44(55)19-20-48)30-62-39-13-8-12-35(22-39)45(56)50(3)32(2)47(58)59;1-17(26(34)35)29(2)25(33)19-9-6-10-22(13-19)36-16-21-14-20(15-30(21)23(31)11-12-27)28-24(32)18-7-4-3-5-8-18;1-17-24(32)27-12-11-23(31)30-15-20(28-25(33)18-7-4-3-5-8-18)14-21(30)16-35-22-10-6-9-19(13-22)26(34)29(17)2;3-2(4,5)1(6)7/h5-8,10-13,15-18,22-23,25,32,37-38,53H,9,14,19-21,24,26-30,48H2,1-4H3,(H,49,54)(H,58,59);3-10,13,17,20-21H,11-12,14-16,27H2,1-2H3,(H,28,32)(H,34,35);3-10,13,17,20-21H,11-12,14-16H2,1-2H3,(H,27,32)(H,28,33);(H,6,7)/t32-,37+,38-;2*17-,20+,21-;/m000./s1. The number of carbonyl (C=O) groups excluding carboxylic acids is 11. The number of hydrogen-bond donors (Lipinski definition) is 10. The van der Waals surface area contributed by atoms with Gasteiger partial charge in [0.25, 0.3) is 35.4 Å². The summed E-state index contributed by atoms with van der Waals surface area (Å²) in [6.07, 6.45) is -2.61. The molecule has 0 spiro atoms. The third-order valence-electron chi connectivity index (χ3n) is 24.0. The number of fused-ring (bicyclic) bond motifs is 3. The number of aliphatic carboxylic acids is 3. The number of methoxy groups -OCH3 is 1. The van der Waals surface area contributed by atoms with E-state index in [1.807, 2.05) is 49.4 Å². The second-order valence-electron chi connectivity index (χ2n) is 33.9. The van der Waals surface area contributed by atoms with Crippen LogP contribution in [-0.4, -0.2) is 292 Å². The van der Waals surface area contributed by atoms with Gasteiger partial charge in [-0.2, -0.15) is 13.2 Å². The van der Waals surface area contributed by atoms with Crippen LogP contribution >= 0.6 is 0 Å². The van der Waals surface area contributed by atoms with Crippen LogP contribution in [0.1, 0.15) is 157 Å². The molecule has 9 atom stereocenters. The zero-order valence-electron chi connectivity index (χ0n) is 79.1. The van der Waals surface area contributed by atoms with Crippen LogP contribution in [-0.2, 0) is 58.1 Å². The number of hydrogen-bond acceptors (Lipinski definition) is 22. The molecular weight excluding hydrogens is 1820 g/mol. The van der Waals surface area contributed by atoms with E-state index in [0.717, 1.165) is 20.9 Å². The van der Waals surface area contributed by atoms with Crippen molar-refractivity contribution in [2.75, 3.05) is 93.9 Å². The van der Waals surface area contributed by atoms with Crippen molar-refractivity contribution >= 4 is 82.9 Å². The molecule has 4 aliphatic rings. The van der Waals surface area contributed by atoms with E-state index in [9.17, 15) is 90.8 Å². The minimum Gasteiger partial charge on any atom is -0.496 e. The summed E-state index contributed by atoms with van der Waals surface area (Å²) in [5.41, 5.74) is 17.1. The number of carboxylic acid groups (broad SMARTS) is 3. The van der Waals surface area contributed by atoms with Crippen molar-refractivity contribution in [3.63, 3.8) is 0 Å². The number of halogens is 3. The largest absolute Gasteiger partial charge is 0.496 e. The molecule has 2 bridgehead atoms. The normalized spacial score (nSPS) is 17.7. The number of benzene rings is 8. The predicted molar refractivity (Wildman–Crippen MR) is 507 cm³/mol. The number of aryl methyl sites for hydroxylation is 1. The average molecular weight is 1940 g/mol. The molecule has 0 radical (unpaired) electrons. The van der Waals surface area contributed by atoms with Gasteiger partial charge < -0.3 is 111 Å². The summed E-state index contributed by atoms with van der Waals surface area (Å²) in [5.74, 6) is -5.71. The lowest BCUT2D eigenvalue weighted by Crippen LogP contribution is -2.47. The minimum atomic E-state index is -5.08. The summed E-state index contributed by atoms with van der Waals surface area (Å²) >= 11 is 0. The Morgan fingerprint density at radius 1 is 0.593 bits per heavy atom. The number of amides is 11. The number of nitrogens with zero attached hydrogens (tertiary/aromatic N) is 7. The second kappa shape index (κ2) is 52.5. The van der Waals surface area contributed by atoms with Gasteiger partial charge in [0.1, 0.15) is 66.7 Å². The van der Waals surface area contributed by atoms with Gasteiger partial charge in [-0.15, -0.1) is 0 Å². The number of alkyl halides is 3. The van der Waals surface area contributed by atoms with Crippen molar-refractivity contribution in [2.24, 2.45) is 11.5 Å². The van der Waals surface area contributed by atoms with Crippen LogP contribution in [0.15, 0.2) is 200 Å². The first kappa shape index (κ1) is 109. The summed E-state index contributed by atoms with van der Waals surface area (Å²) in [7, 11) is 5.91. The fraction of sp³-hybridized carbons (Fsp3) is 0.386. The molecule has 8 aromatic rings. The number of nitrogens with two attached hydrogens (primary N) is 2. The highest BCUT2D eigenvalue weighted by Gasteiger charge is 2.43. The first-order valence-electron chi connectivity index (χ1n) is 45.5. The molecule has 36 nitrogen and oxygen atoms in total. The molecule has 0 aliphatic carbocycles. The van der Waals surface area contributed by atoms with Gasteiger partial charge in [-0.05, 0) is 162 Å². The van der Waals surface area contributed by atoms with Gasteiger partial charge >= 0.3 is 24.1 Å². The fourth-order valence-electron chi connectivity index (χ4n) is 15.7. The van der Waals surface area contributed by atoms with E-state index in [-0.39, 0.29) is 174 Å². The smallest absolute Gasteiger partial charge is 0.490 e. The zero-order chi connectivity index (χ0) is 102. The fourth-order valence-corrected chi connectivity index (χ4v) is 15.7. The molecule has 4 heterocycles. The Hall–Kier alpha value is -15.0. The molecular formula is C101H120F3N13O23. The third kappa shape index (κ3) is 31.3. The lowest BCUT2D eigenvalue weighted by molar-refractivity contribution is -0.192. The molecule has 0 unspecified atom stereocenters. The predicted octanol–water partition coefficient (Wildman–Crippen LogP) is 7.99. The summed E-state index contributed by atoms with van der Waals surface area (Å²) in [6.45, 7) is 8.62. The number of carbonyl (C=O) groups is 14. The first-order chi connectivity index (χ1) is 66.8. The van der Waals surface area contributed by atoms with Gasteiger partial charge in [-0.25, -0.2) is 14.4 Å². The van der Waals surface area contributed by atoms with Gasteiger partial charge in [0.05, 0.1) is 51.0 Å². The number of aliphatic hydroxyl groups is 1. The SMILES string of the molecule is COc1cc(OCCCC(=O)NCc2ccc(C)cc2)cc(CO)c1CN(C(=O)c1ccccc1)[C@@H]1C[C@@H](COc2cccc(C(=O)N(C)[C@@H](C)C(=O)O)c2)N(C(=O)CCN)C1.C[C@@H](C(=O)O)N(C)C(=O)c1cccc(OC[C@@H]2C[C@@H](NC(=O)c3ccccc3)CN2C(=O)CCN)c1.C[C@H]1C(=O)NCCC(=O)N2C[C@H](NC(=O)c3ccccc3)C[C@H]2COc2cccc(c2)C(=O)N1C.O=C(O)C(F)(F)F. The molecule has 12 rings (SSSR count). The Morgan fingerprint density at radius 2 is 1.10 bits per heavy atom. The molecule has 0 saturated carbocycles. The molecule has 3 saturated heterocycles. The zero-order valence-corrected chi connectivity index (χ0v) is 79.1. The van der Waals surface area contributed by atoms with Crippen LogP contribution < -0.4 is 56.4 Å². The highest BCUT2D eigenvalue weighted by Crippen LogP contribution is 2.36. The summed E-state index contributed by atoms with van der Waals surface area (Å²) in [6, 6.07) is 52.9. The van der Waals surface area contributed by atoms with Crippen LogP contribution in [0, 0.1) is 6.92 Å². The van der Waals surface area contributed by atoms with Gasteiger partial charge in [0, 0.05) is 150 Å². The molecule has 12 N–H and O–H groups in total. The van der Waals surface area contributed by atoms with Crippen LogP contribution in [0.4, 0.5) is 13.2 Å². The van der Waals surface area contributed by atoms with Crippen molar-refractivity contribution in [1.29, 1.82) is 0 Å². The topological polar surface area (TPSA) is 489 Å². The Bertz CT molecular complexity index is 5590. The second-order valence-corrected chi connectivity index (χ2v) is 33.9. The molecule has 11 amide bonds. The van der Waals surface area contributed by atoms with E-state index in [1.54, 1.807) is 185 Å². The van der Waals surface area contributed by atoms with E-state index >= 15 is 0 Å². The van der Waals surface area contributed by atoms with Gasteiger partial charge in [-0.1, -0.05) is 103 Å². The number of nitrogens with one attached hydrogen (secondary N) is 4. The molecule has 3 fully saturated rings. The van der Waals surface area contributed by atoms with Crippen LogP contribution in [0.5, 0.6) is 28.7 Å². The van der Waals surface area contributed by atoms with Gasteiger partial charge in [0.15, 0.2) is 0 Å². The van der Waals surface area contributed by atoms with Crippen LogP contribution in [0.2, 0.25) is 0 Å².